The molecule has 0 aliphatic carbocycles. The molecule has 1 atom stereocenters. The number of aliphatic hydroxyl groups excluding tert-OH is 1. The van der Waals surface area contributed by atoms with Gasteiger partial charge in [-0.15, -0.1) is 0 Å². The van der Waals surface area contributed by atoms with E-state index in [0.717, 1.165) is 5.56 Å². The zero-order chi connectivity index (χ0) is 15.3. The largest absolute Gasteiger partial charge is 0.391 e. The summed E-state index contributed by atoms with van der Waals surface area (Å²) < 4.78 is 26.6. The minimum atomic E-state index is -3.72. The maximum absolute atomic E-state index is 12.1. The molecule has 2 N–H and O–H groups in total. The molecule has 4 nitrogen and oxygen atoms in total. The van der Waals surface area contributed by atoms with Gasteiger partial charge in [0, 0.05) is 6.54 Å². The van der Waals surface area contributed by atoms with Crippen molar-refractivity contribution in [2.24, 2.45) is 0 Å². The number of aliphatic hydroxyl groups is 1. The lowest BCUT2D eigenvalue weighted by Gasteiger charge is -2.13. The number of nitrogens with one attached hydrogen (secondary N) is 1. The molecule has 0 bridgehead atoms. The van der Waals surface area contributed by atoms with E-state index in [-0.39, 0.29) is 16.5 Å². The number of hydrogen-bond acceptors (Lipinski definition) is 3. The van der Waals surface area contributed by atoms with E-state index in [9.17, 15) is 13.5 Å². The first-order valence-electron chi connectivity index (χ1n) is 6.45. The Kier molecular flexibility index (Phi) is 5.36. The van der Waals surface area contributed by atoms with Crippen LogP contribution in [0.5, 0.6) is 0 Å². The molecule has 0 aromatic heterocycles. The van der Waals surface area contributed by atoms with Crippen LogP contribution in [0, 0.1) is 0 Å². The van der Waals surface area contributed by atoms with Crippen molar-refractivity contribution in [2.75, 3.05) is 6.54 Å². The van der Waals surface area contributed by atoms with Crippen molar-refractivity contribution in [3.8, 4) is 0 Å². The van der Waals surface area contributed by atoms with Crippen LogP contribution in [0.4, 0.5) is 0 Å². The summed E-state index contributed by atoms with van der Waals surface area (Å²) in [6, 6.07) is 15.6. The highest BCUT2D eigenvalue weighted by Crippen LogP contribution is 2.20. The molecule has 0 amide bonds. The fourth-order valence-corrected chi connectivity index (χ4v) is 3.49. The van der Waals surface area contributed by atoms with Crippen LogP contribution in [0.2, 0.25) is 5.02 Å². The molecule has 0 aliphatic rings. The van der Waals surface area contributed by atoms with Gasteiger partial charge in [-0.3, -0.25) is 0 Å². The predicted molar refractivity (Wildman–Crippen MR) is 82.8 cm³/mol. The minimum Gasteiger partial charge on any atom is -0.391 e. The number of sulfonamides is 1. The first-order valence-corrected chi connectivity index (χ1v) is 8.31. The molecule has 112 valence electrons. The van der Waals surface area contributed by atoms with Crippen LogP contribution in [0.1, 0.15) is 5.56 Å². The second-order valence-corrected chi connectivity index (χ2v) is 6.77. The normalized spacial score (nSPS) is 13.0. The highest BCUT2D eigenvalue weighted by molar-refractivity contribution is 7.89. The van der Waals surface area contributed by atoms with Gasteiger partial charge in [0.05, 0.1) is 11.1 Å². The molecule has 0 spiro atoms. The summed E-state index contributed by atoms with van der Waals surface area (Å²) in [6.45, 7) is -0.0670. The van der Waals surface area contributed by atoms with Crippen LogP contribution in [0.15, 0.2) is 59.5 Å². The quantitative estimate of drug-likeness (QED) is 0.856. The Labute approximate surface area is 129 Å². The Hall–Kier alpha value is -1.40. The number of benzene rings is 2. The van der Waals surface area contributed by atoms with E-state index in [0.29, 0.717) is 6.42 Å². The van der Waals surface area contributed by atoms with Gasteiger partial charge in [-0.25, -0.2) is 13.1 Å². The third-order valence-electron chi connectivity index (χ3n) is 2.95. The molecule has 0 radical (unpaired) electrons. The molecule has 2 aromatic rings. The van der Waals surface area contributed by atoms with Crippen molar-refractivity contribution in [3.63, 3.8) is 0 Å². The van der Waals surface area contributed by atoms with Crippen LogP contribution in [-0.4, -0.2) is 26.2 Å². The maximum Gasteiger partial charge on any atom is 0.242 e. The average molecular weight is 326 g/mol. The van der Waals surface area contributed by atoms with Crippen molar-refractivity contribution in [2.45, 2.75) is 17.4 Å². The summed E-state index contributed by atoms with van der Waals surface area (Å²) in [5.74, 6) is 0. The predicted octanol–water partition coefficient (Wildman–Crippen LogP) is 2.22. The van der Waals surface area contributed by atoms with Crippen molar-refractivity contribution in [3.05, 3.63) is 65.2 Å². The number of halogens is 1. The lowest BCUT2D eigenvalue weighted by Crippen LogP contribution is -2.33. The number of hydrogen-bond donors (Lipinski definition) is 2. The van der Waals surface area contributed by atoms with Gasteiger partial charge in [0.2, 0.25) is 10.0 Å². The third kappa shape index (κ3) is 4.54. The summed E-state index contributed by atoms with van der Waals surface area (Å²) in [4.78, 5) is 0.0126. The van der Waals surface area contributed by atoms with E-state index >= 15 is 0 Å². The van der Waals surface area contributed by atoms with E-state index in [2.05, 4.69) is 4.72 Å². The van der Waals surface area contributed by atoms with Crippen molar-refractivity contribution in [1.82, 2.24) is 4.72 Å². The summed E-state index contributed by atoms with van der Waals surface area (Å²) in [5, 5.41) is 10.1. The van der Waals surface area contributed by atoms with E-state index in [1.165, 1.54) is 12.1 Å². The lowest BCUT2D eigenvalue weighted by molar-refractivity contribution is 0.179. The molecule has 0 saturated heterocycles. The summed E-state index contributed by atoms with van der Waals surface area (Å²) in [6.07, 6.45) is -0.420. The van der Waals surface area contributed by atoms with Crippen LogP contribution in [0.3, 0.4) is 0 Å². The first-order chi connectivity index (χ1) is 9.99. The van der Waals surface area contributed by atoms with Crippen molar-refractivity contribution < 1.29 is 13.5 Å². The van der Waals surface area contributed by atoms with Crippen LogP contribution in [-0.2, 0) is 16.4 Å². The monoisotopic (exact) mass is 325 g/mol. The van der Waals surface area contributed by atoms with E-state index in [1.807, 2.05) is 30.3 Å². The van der Waals surface area contributed by atoms with Gasteiger partial charge in [0.15, 0.2) is 0 Å². The van der Waals surface area contributed by atoms with Gasteiger partial charge in [0.25, 0.3) is 0 Å². The highest BCUT2D eigenvalue weighted by atomic mass is 35.5. The van der Waals surface area contributed by atoms with Gasteiger partial charge in [-0.2, -0.15) is 0 Å². The zero-order valence-corrected chi connectivity index (χ0v) is 12.8. The van der Waals surface area contributed by atoms with Gasteiger partial charge >= 0.3 is 0 Å². The van der Waals surface area contributed by atoms with Crippen molar-refractivity contribution in [1.29, 1.82) is 0 Å². The molecule has 0 heterocycles. The van der Waals surface area contributed by atoms with Gasteiger partial charge in [-0.1, -0.05) is 54.1 Å². The van der Waals surface area contributed by atoms with Crippen LogP contribution >= 0.6 is 11.6 Å². The van der Waals surface area contributed by atoms with Crippen LogP contribution < -0.4 is 4.72 Å². The molecular weight excluding hydrogens is 310 g/mol. The number of rotatable bonds is 6. The second-order valence-electron chi connectivity index (χ2n) is 4.63. The Morgan fingerprint density at radius 2 is 1.67 bits per heavy atom. The molecule has 0 aliphatic heterocycles. The lowest BCUT2D eigenvalue weighted by atomic mass is 10.1. The minimum absolute atomic E-state index is 0.0126. The summed E-state index contributed by atoms with van der Waals surface area (Å²) in [7, 11) is -3.72. The molecule has 2 aromatic carbocycles. The topological polar surface area (TPSA) is 66.4 Å². The molecule has 21 heavy (non-hydrogen) atoms. The van der Waals surface area contributed by atoms with Gasteiger partial charge in [0.1, 0.15) is 4.90 Å². The molecule has 2 rings (SSSR count). The zero-order valence-electron chi connectivity index (χ0n) is 11.2. The van der Waals surface area contributed by atoms with Gasteiger partial charge < -0.3 is 5.11 Å². The summed E-state index contributed by atoms with van der Waals surface area (Å²) in [5.41, 5.74) is 0.946. The smallest absolute Gasteiger partial charge is 0.242 e. The van der Waals surface area contributed by atoms with E-state index in [1.54, 1.807) is 12.1 Å². The molecule has 6 heteroatoms. The highest BCUT2D eigenvalue weighted by Gasteiger charge is 2.18. The summed E-state index contributed by atoms with van der Waals surface area (Å²) >= 11 is 5.87. The molecule has 0 unspecified atom stereocenters. The maximum atomic E-state index is 12.1. The Morgan fingerprint density at radius 1 is 1.05 bits per heavy atom. The SMILES string of the molecule is O=S(=O)(NC[C@@H](O)Cc1ccccc1)c1ccccc1Cl. The second kappa shape index (κ2) is 7.04. The average Bonchev–Trinajstić information content (AvgIpc) is 2.47. The van der Waals surface area contributed by atoms with E-state index in [4.69, 9.17) is 11.6 Å². The Morgan fingerprint density at radius 3 is 2.33 bits per heavy atom. The molecule has 0 fully saturated rings. The standard InChI is InChI=1S/C15H16ClNO3S/c16-14-8-4-5-9-15(14)21(19,20)17-11-13(18)10-12-6-2-1-3-7-12/h1-9,13,17-18H,10-11H2/t13-/m0/s1. The first kappa shape index (κ1) is 16.0. The fraction of sp³-hybridized carbons (Fsp3) is 0.200. The van der Waals surface area contributed by atoms with Crippen molar-refractivity contribution >= 4 is 21.6 Å². The van der Waals surface area contributed by atoms with E-state index < -0.39 is 16.1 Å². The van der Waals surface area contributed by atoms with Gasteiger partial charge in [-0.05, 0) is 24.1 Å². The van der Waals surface area contributed by atoms with Crippen LogP contribution in [0.25, 0.3) is 0 Å². The third-order valence-corrected chi connectivity index (χ3v) is 4.87. The molecule has 0 saturated carbocycles. The Bertz CT molecular complexity index is 689. The molecular formula is C15H16ClNO3S. The fourth-order valence-electron chi connectivity index (χ4n) is 1.90. The Balaban J connectivity index is 1.97.